The Morgan fingerprint density at radius 3 is 2.48 bits per heavy atom. The summed E-state index contributed by atoms with van der Waals surface area (Å²) >= 11 is 6.15. The van der Waals surface area contributed by atoms with E-state index in [1.807, 2.05) is 0 Å². The molecule has 1 aromatic heterocycles. The third-order valence-electron chi connectivity index (χ3n) is 3.74. The number of thioether (sulfide) groups is 1. The van der Waals surface area contributed by atoms with Crippen LogP contribution in [0, 0.1) is 0 Å². The van der Waals surface area contributed by atoms with Crippen LogP contribution in [0.3, 0.4) is 0 Å². The van der Waals surface area contributed by atoms with Gasteiger partial charge in [-0.05, 0) is 36.4 Å². The molecule has 3 aromatic rings. The Morgan fingerprint density at radius 1 is 1.07 bits per heavy atom. The van der Waals surface area contributed by atoms with Crippen molar-refractivity contribution < 1.29 is 26.4 Å². The molecule has 2 aromatic carbocycles. The fourth-order valence-electron chi connectivity index (χ4n) is 2.48. The molecule has 0 unspecified atom stereocenters. The van der Waals surface area contributed by atoms with Gasteiger partial charge in [-0.1, -0.05) is 47.6 Å². The van der Waals surface area contributed by atoms with E-state index >= 15 is 0 Å². The molecular formula is C19H14ClF2NO4S2. The van der Waals surface area contributed by atoms with Gasteiger partial charge in [0.25, 0.3) is 11.7 Å². The molecule has 0 atom stereocenters. The van der Waals surface area contributed by atoms with Crippen LogP contribution in [0.4, 0.5) is 14.5 Å². The van der Waals surface area contributed by atoms with Crippen molar-refractivity contribution in [2.45, 2.75) is 21.3 Å². The van der Waals surface area contributed by atoms with E-state index in [4.69, 9.17) is 16.0 Å². The van der Waals surface area contributed by atoms with E-state index in [1.54, 1.807) is 18.2 Å². The van der Waals surface area contributed by atoms with Crippen molar-refractivity contribution in [3.8, 4) is 0 Å². The number of alkyl halides is 2. The van der Waals surface area contributed by atoms with Crippen molar-refractivity contribution in [3.05, 3.63) is 77.2 Å². The SMILES string of the molecule is O=C(Nc1cccc(Cl)c1SC(F)F)c1ccc(CS(=O)(=O)c2ccccc2)o1. The standard InChI is InChI=1S/C19H14ClF2NO4S2/c20-14-7-4-8-15(17(14)28-19(21)22)23-18(24)16-10-9-12(27-16)11-29(25,26)13-5-2-1-3-6-13/h1-10,19H,11H2,(H,23,24). The largest absolute Gasteiger partial charge is 0.455 e. The van der Waals surface area contributed by atoms with Crippen molar-refractivity contribution in [2.75, 3.05) is 5.32 Å². The first-order valence-corrected chi connectivity index (χ1v) is 11.1. The van der Waals surface area contributed by atoms with Gasteiger partial charge in [0.2, 0.25) is 0 Å². The number of benzene rings is 2. The molecule has 0 aliphatic rings. The topological polar surface area (TPSA) is 76.4 Å². The smallest absolute Gasteiger partial charge is 0.291 e. The number of sulfone groups is 1. The maximum atomic E-state index is 12.8. The third kappa shape index (κ3) is 5.37. The van der Waals surface area contributed by atoms with Gasteiger partial charge < -0.3 is 9.73 Å². The van der Waals surface area contributed by atoms with E-state index in [0.717, 1.165) is 0 Å². The van der Waals surface area contributed by atoms with Crippen LogP contribution in [0.25, 0.3) is 0 Å². The fraction of sp³-hybridized carbons (Fsp3) is 0.105. The molecule has 1 heterocycles. The minimum Gasteiger partial charge on any atom is -0.455 e. The van der Waals surface area contributed by atoms with Crippen molar-refractivity contribution in [3.63, 3.8) is 0 Å². The second kappa shape index (κ2) is 8.98. The molecule has 152 valence electrons. The van der Waals surface area contributed by atoms with E-state index < -0.39 is 27.3 Å². The van der Waals surface area contributed by atoms with Crippen molar-refractivity contribution in [1.29, 1.82) is 0 Å². The van der Waals surface area contributed by atoms with Gasteiger partial charge in [0.1, 0.15) is 11.5 Å². The molecule has 0 saturated heterocycles. The van der Waals surface area contributed by atoms with E-state index in [0.29, 0.717) is 0 Å². The van der Waals surface area contributed by atoms with Crippen molar-refractivity contribution in [1.82, 2.24) is 0 Å². The Bertz CT molecular complexity index is 1120. The molecular weight excluding hydrogens is 444 g/mol. The maximum absolute atomic E-state index is 12.8. The number of amides is 1. The van der Waals surface area contributed by atoms with Crippen LogP contribution >= 0.6 is 23.4 Å². The van der Waals surface area contributed by atoms with Crippen molar-refractivity contribution >= 4 is 44.8 Å². The van der Waals surface area contributed by atoms with E-state index in [1.165, 1.54) is 42.5 Å². The lowest BCUT2D eigenvalue weighted by Crippen LogP contribution is -2.12. The number of anilines is 1. The summed E-state index contributed by atoms with van der Waals surface area (Å²) in [6.45, 7) is 0. The van der Waals surface area contributed by atoms with Crippen LogP contribution in [0.5, 0.6) is 0 Å². The van der Waals surface area contributed by atoms with Crippen LogP contribution in [0.2, 0.25) is 5.02 Å². The highest BCUT2D eigenvalue weighted by Gasteiger charge is 2.21. The third-order valence-corrected chi connectivity index (χ3v) is 6.68. The molecule has 29 heavy (non-hydrogen) atoms. The summed E-state index contributed by atoms with van der Waals surface area (Å²) in [4.78, 5) is 12.6. The number of nitrogens with one attached hydrogen (secondary N) is 1. The number of carbonyl (C=O) groups excluding carboxylic acids is 1. The molecule has 10 heteroatoms. The first-order chi connectivity index (χ1) is 13.8. The number of furan rings is 1. The highest BCUT2D eigenvalue weighted by atomic mass is 35.5. The highest BCUT2D eigenvalue weighted by Crippen LogP contribution is 2.37. The predicted octanol–water partition coefficient (Wildman–Crippen LogP) is 5.47. The van der Waals surface area contributed by atoms with Gasteiger partial charge in [-0.2, -0.15) is 8.78 Å². The number of rotatable bonds is 7. The maximum Gasteiger partial charge on any atom is 0.291 e. The minimum absolute atomic E-state index is 0.0240. The Kier molecular flexibility index (Phi) is 6.61. The monoisotopic (exact) mass is 457 g/mol. The van der Waals surface area contributed by atoms with E-state index in [-0.39, 0.29) is 43.8 Å². The average Bonchev–Trinajstić information content (AvgIpc) is 3.13. The van der Waals surface area contributed by atoms with Crippen LogP contribution < -0.4 is 5.32 Å². The van der Waals surface area contributed by atoms with Crippen molar-refractivity contribution in [2.24, 2.45) is 0 Å². The number of carbonyl (C=O) groups is 1. The number of hydrogen-bond acceptors (Lipinski definition) is 5. The summed E-state index contributed by atoms with van der Waals surface area (Å²) in [5.41, 5.74) is 0.0997. The second-order valence-corrected chi connectivity index (χ2v) is 9.18. The van der Waals surface area contributed by atoms with E-state index in [9.17, 15) is 22.0 Å². The number of halogens is 3. The first-order valence-electron chi connectivity index (χ1n) is 8.17. The summed E-state index contributed by atoms with van der Waals surface area (Å²) in [6.07, 6.45) is 0. The summed E-state index contributed by atoms with van der Waals surface area (Å²) < 4.78 is 55.7. The van der Waals surface area contributed by atoms with Gasteiger partial charge in [0, 0.05) is 0 Å². The molecule has 1 amide bonds. The molecule has 0 saturated carbocycles. The normalized spacial score (nSPS) is 11.6. The summed E-state index contributed by atoms with van der Waals surface area (Å²) in [7, 11) is -3.64. The van der Waals surface area contributed by atoms with Gasteiger partial charge in [-0.15, -0.1) is 0 Å². The van der Waals surface area contributed by atoms with Gasteiger partial charge >= 0.3 is 0 Å². The lowest BCUT2D eigenvalue weighted by molar-refractivity contribution is 0.0995. The molecule has 3 rings (SSSR count). The zero-order chi connectivity index (χ0) is 21.0. The second-order valence-electron chi connectivity index (χ2n) is 5.79. The molecule has 0 aliphatic carbocycles. The molecule has 5 nitrogen and oxygen atoms in total. The molecule has 1 N–H and O–H groups in total. The molecule has 0 radical (unpaired) electrons. The Hall–Kier alpha value is -2.36. The zero-order valence-electron chi connectivity index (χ0n) is 14.6. The Balaban J connectivity index is 1.76. The molecule has 0 spiro atoms. The van der Waals surface area contributed by atoms with Gasteiger partial charge in [-0.3, -0.25) is 4.79 Å². The van der Waals surface area contributed by atoms with E-state index in [2.05, 4.69) is 5.32 Å². The van der Waals surface area contributed by atoms with Crippen LogP contribution in [-0.2, 0) is 15.6 Å². The molecule has 0 aliphatic heterocycles. The highest BCUT2D eigenvalue weighted by molar-refractivity contribution is 7.99. The summed E-state index contributed by atoms with van der Waals surface area (Å²) in [5, 5.41) is 2.53. The first kappa shape index (κ1) is 21.4. The predicted molar refractivity (Wildman–Crippen MR) is 107 cm³/mol. The fourth-order valence-corrected chi connectivity index (χ4v) is 4.66. The lowest BCUT2D eigenvalue weighted by Gasteiger charge is -2.11. The molecule has 0 fully saturated rings. The summed E-state index contributed by atoms with van der Waals surface area (Å²) in [5.74, 6) is -3.94. The van der Waals surface area contributed by atoms with Gasteiger partial charge in [0.05, 0.1) is 20.5 Å². The zero-order valence-corrected chi connectivity index (χ0v) is 17.0. The van der Waals surface area contributed by atoms with Gasteiger partial charge in [0.15, 0.2) is 15.6 Å². The summed E-state index contributed by atoms with van der Waals surface area (Å²) in [6, 6.07) is 14.9. The number of hydrogen-bond donors (Lipinski definition) is 1. The van der Waals surface area contributed by atoms with Gasteiger partial charge in [-0.25, -0.2) is 8.42 Å². The quantitative estimate of drug-likeness (QED) is 0.476. The van der Waals surface area contributed by atoms with Crippen LogP contribution in [0.1, 0.15) is 16.3 Å². The molecule has 0 bridgehead atoms. The average molecular weight is 458 g/mol. The minimum atomic E-state index is -3.64. The van der Waals surface area contributed by atoms with Crippen LogP contribution in [-0.4, -0.2) is 20.1 Å². The lowest BCUT2D eigenvalue weighted by atomic mass is 10.3. The van der Waals surface area contributed by atoms with Crippen LogP contribution in [0.15, 0.2) is 74.9 Å². The Labute approximate surface area is 175 Å². The Morgan fingerprint density at radius 2 is 1.79 bits per heavy atom.